The third-order valence-electron chi connectivity index (χ3n) is 1.71. The van der Waals surface area contributed by atoms with Crippen LogP contribution >= 0.6 is 0 Å². The summed E-state index contributed by atoms with van der Waals surface area (Å²) in [6.07, 6.45) is 3.84. The van der Waals surface area contributed by atoms with Crippen molar-refractivity contribution in [3.63, 3.8) is 0 Å². The smallest absolute Gasteiger partial charge is 0.211 e. The molecule has 64 valence electrons. The molecule has 0 bridgehead atoms. The molecule has 0 radical (unpaired) electrons. The van der Waals surface area contributed by atoms with Crippen LogP contribution in [0, 0.1) is 0 Å². The molecule has 4 heteroatoms. The average Bonchev–Trinajstić information content (AvgIpc) is 2.19. The number of para-hydroxylation sites is 1. The standard InChI is InChI=1S/C9H7N3O/c13-6-12-8-3-1-2-7-9(8)11-5-4-10-7/h1-6H,(H,12,13). The van der Waals surface area contributed by atoms with E-state index in [0.717, 1.165) is 5.52 Å². The predicted molar refractivity (Wildman–Crippen MR) is 49.2 cm³/mol. The monoisotopic (exact) mass is 173 g/mol. The van der Waals surface area contributed by atoms with Gasteiger partial charge < -0.3 is 5.32 Å². The number of nitrogens with zero attached hydrogens (tertiary/aromatic N) is 2. The third kappa shape index (κ3) is 1.33. The maximum atomic E-state index is 10.3. The van der Waals surface area contributed by atoms with Crippen LogP contribution in [0.2, 0.25) is 0 Å². The molecule has 13 heavy (non-hydrogen) atoms. The van der Waals surface area contributed by atoms with Gasteiger partial charge >= 0.3 is 0 Å². The largest absolute Gasteiger partial charge is 0.327 e. The van der Waals surface area contributed by atoms with E-state index < -0.39 is 0 Å². The summed E-state index contributed by atoms with van der Waals surface area (Å²) in [5.74, 6) is 0. The SMILES string of the molecule is O=CNc1cccc2nccnc12. The van der Waals surface area contributed by atoms with Gasteiger partial charge in [-0.15, -0.1) is 0 Å². The zero-order valence-electron chi connectivity index (χ0n) is 6.77. The van der Waals surface area contributed by atoms with Gasteiger partial charge in [-0.1, -0.05) is 6.07 Å². The van der Waals surface area contributed by atoms with Crippen molar-refractivity contribution in [2.75, 3.05) is 5.32 Å². The molecule has 0 aliphatic rings. The number of carbonyl (C=O) groups is 1. The highest BCUT2D eigenvalue weighted by Gasteiger charge is 1.99. The minimum atomic E-state index is 0.628. The number of rotatable bonds is 2. The van der Waals surface area contributed by atoms with E-state index in [1.54, 1.807) is 18.5 Å². The molecule has 0 atom stereocenters. The lowest BCUT2D eigenvalue weighted by Gasteiger charge is -2.01. The third-order valence-corrected chi connectivity index (χ3v) is 1.71. The fourth-order valence-electron chi connectivity index (χ4n) is 1.17. The molecule has 0 saturated carbocycles. The molecule has 1 aromatic carbocycles. The Balaban J connectivity index is 2.68. The van der Waals surface area contributed by atoms with Gasteiger partial charge in [0.2, 0.25) is 6.41 Å². The van der Waals surface area contributed by atoms with E-state index in [0.29, 0.717) is 17.6 Å². The summed E-state index contributed by atoms with van der Waals surface area (Å²) in [6.45, 7) is 0. The lowest BCUT2D eigenvalue weighted by atomic mass is 10.2. The molecule has 2 rings (SSSR count). The molecule has 4 nitrogen and oxygen atoms in total. The van der Waals surface area contributed by atoms with Crippen LogP contribution in [0.25, 0.3) is 11.0 Å². The molecule has 1 aromatic heterocycles. The van der Waals surface area contributed by atoms with Gasteiger partial charge in [-0.05, 0) is 12.1 Å². The summed E-state index contributed by atoms with van der Waals surface area (Å²) in [5.41, 5.74) is 2.16. The minimum Gasteiger partial charge on any atom is -0.327 e. The van der Waals surface area contributed by atoms with Gasteiger partial charge in [0, 0.05) is 12.4 Å². The van der Waals surface area contributed by atoms with Crippen molar-refractivity contribution in [2.24, 2.45) is 0 Å². The molecule has 0 aliphatic carbocycles. The Morgan fingerprint density at radius 1 is 1.23 bits per heavy atom. The van der Waals surface area contributed by atoms with Crippen LogP contribution in [0.4, 0.5) is 5.69 Å². The second kappa shape index (κ2) is 3.18. The van der Waals surface area contributed by atoms with Crippen molar-refractivity contribution >= 4 is 23.1 Å². The van der Waals surface area contributed by atoms with Gasteiger partial charge in [-0.2, -0.15) is 0 Å². The zero-order valence-corrected chi connectivity index (χ0v) is 6.77. The van der Waals surface area contributed by atoms with Gasteiger partial charge in [0.05, 0.1) is 11.2 Å². The van der Waals surface area contributed by atoms with Crippen LogP contribution in [-0.4, -0.2) is 16.4 Å². The first-order valence-corrected chi connectivity index (χ1v) is 3.82. The normalized spacial score (nSPS) is 9.85. The van der Waals surface area contributed by atoms with Crippen LogP contribution < -0.4 is 5.32 Å². The topological polar surface area (TPSA) is 54.9 Å². The van der Waals surface area contributed by atoms with Gasteiger partial charge in [0.15, 0.2) is 0 Å². The van der Waals surface area contributed by atoms with E-state index in [-0.39, 0.29) is 0 Å². The van der Waals surface area contributed by atoms with Crippen molar-refractivity contribution in [2.45, 2.75) is 0 Å². The van der Waals surface area contributed by atoms with Crippen LogP contribution in [0.1, 0.15) is 0 Å². The van der Waals surface area contributed by atoms with Crippen molar-refractivity contribution in [1.82, 2.24) is 9.97 Å². The fraction of sp³-hybridized carbons (Fsp3) is 0. The zero-order chi connectivity index (χ0) is 9.10. The summed E-state index contributed by atoms with van der Waals surface area (Å²) < 4.78 is 0. The number of carbonyl (C=O) groups excluding carboxylic acids is 1. The number of benzene rings is 1. The quantitative estimate of drug-likeness (QED) is 0.694. The maximum absolute atomic E-state index is 10.3. The average molecular weight is 173 g/mol. The minimum absolute atomic E-state index is 0.628. The Bertz CT molecular complexity index is 436. The Labute approximate surface area is 74.6 Å². The van der Waals surface area contributed by atoms with Gasteiger partial charge in [-0.25, -0.2) is 0 Å². The highest BCUT2D eigenvalue weighted by Crippen LogP contribution is 2.17. The molecule has 1 heterocycles. The number of anilines is 1. The number of aromatic nitrogens is 2. The van der Waals surface area contributed by atoms with Crippen molar-refractivity contribution < 1.29 is 4.79 Å². The number of hydrogen-bond acceptors (Lipinski definition) is 3. The molecule has 2 aromatic rings. The maximum Gasteiger partial charge on any atom is 0.211 e. The Hall–Kier alpha value is -1.97. The van der Waals surface area contributed by atoms with E-state index in [4.69, 9.17) is 0 Å². The van der Waals surface area contributed by atoms with Crippen LogP contribution in [0.15, 0.2) is 30.6 Å². The van der Waals surface area contributed by atoms with Gasteiger partial charge in [0.1, 0.15) is 5.52 Å². The van der Waals surface area contributed by atoms with E-state index >= 15 is 0 Å². The summed E-state index contributed by atoms with van der Waals surface area (Å²) >= 11 is 0. The van der Waals surface area contributed by atoms with E-state index in [9.17, 15) is 4.79 Å². The summed E-state index contributed by atoms with van der Waals surface area (Å²) in [5, 5.41) is 2.57. The van der Waals surface area contributed by atoms with Crippen molar-refractivity contribution in [1.29, 1.82) is 0 Å². The highest BCUT2D eigenvalue weighted by atomic mass is 16.1. The number of hydrogen-bond donors (Lipinski definition) is 1. The van der Waals surface area contributed by atoms with Crippen molar-refractivity contribution in [3.05, 3.63) is 30.6 Å². The Morgan fingerprint density at radius 3 is 2.92 bits per heavy atom. The predicted octanol–water partition coefficient (Wildman–Crippen LogP) is 1.20. The molecule has 0 unspecified atom stereocenters. The molecular formula is C9H7N3O. The van der Waals surface area contributed by atoms with Crippen LogP contribution in [0.5, 0.6) is 0 Å². The van der Waals surface area contributed by atoms with Crippen LogP contribution in [0.3, 0.4) is 0 Å². The Morgan fingerprint density at radius 2 is 2.08 bits per heavy atom. The first-order valence-electron chi connectivity index (χ1n) is 3.82. The summed E-state index contributed by atoms with van der Waals surface area (Å²) in [4.78, 5) is 18.5. The molecule has 0 aliphatic heterocycles. The molecular weight excluding hydrogens is 166 g/mol. The lowest BCUT2D eigenvalue weighted by Crippen LogP contribution is -1.96. The van der Waals surface area contributed by atoms with Crippen molar-refractivity contribution in [3.8, 4) is 0 Å². The molecule has 0 fully saturated rings. The second-order valence-electron chi connectivity index (χ2n) is 2.49. The first kappa shape index (κ1) is 7.67. The van der Waals surface area contributed by atoms with E-state index in [1.807, 2.05) is 12.1 Å². The summed E-state index contributed by atoms with van der Waals surface area (Å²) in [6, 6.07) is 5.45. The summed E-state index contributed by atoms with van der Waals surface area (Å²) in [7, 11) is 0. The number of fused-ring (bicyclic) bond motifs is 1. The molecule has 1 amide bonds. The van der Waals surface area contributed by atoms with Crippen LogP contribution in [-0.2, 0) is 4.79 Å². The molecule has 1 N–H and O–H groups in total. The Kier molecular flexibility index (Phi) is 1.88. The van der Waals surface area contributed by atoms with E-state index in [1.165, 1.54) is 0 Å². The molecule has 0 spiro atoms. The first-order chi connectivity index (χ1) is 6.42. The van der Waals surface area contributed by atoms with Gasteiger partial charge in [0.25, 0.3) is 0 Å². The number of nitrogens with one attached hydrogen (secondary N) is 1. The van der Waals surface area contributed by atoms with E-state index in [2.05, 4.69) is 15.3 Å². The molecule has 0 saturated heterocycles. The lowest BCUT2D eigenvalue weighted by molar-refractivity contribution is -0.105. The second-order valence-corrected chi connectivity index (χ2v) is 2.49. The highest BCUT2D eigenvalue weighted by molar-refractivity contribution is 5.92. The fourth-order valence-corrected chi connectivity index (χ4v) is 1.17. The van der Waals surface area contributed by atoms with Gasteiger partial charge in [-0.3, -0.25) is 14.8 Å². The number of amides is 1.